The predicted octanol–water partition coefficient (Wildman–Crippen LogP) is 3.64. The van der Waals surface area contributed by atoms with Crippen LogP contribution in [-0.4, -0.2) is 5.11 Å². The van der Waals surface area contributed by atoms with Gasteiger partial charge in [0.05, 0.1) is 0 Å². The highest BCUT2D eigenvalue weighted by Crippen LogP contribution is 2.73. The van der Waals surface area contributed by atoms with E-state index < -0.39 is 0 Å². The molecule has 0 aliphatic heterocycles. The zero-order valence-corrected chi connectivity index (χ0v) is 10.4. The fourth-order valence-corrected chi connectivity index (χ4v) is 4.14. The number of phenolic OH excluding ortho intramolecular Hbond substituents is 1. The lowest BCUT2D eigenvalue weighted by atomic mass is 9.75. The van der Waals surface area contributed by atoms with Crippen molar-refractivity contribution in [2.45, 2.75) is 45.4 Å². The van der Waals surface area contributed by atoms with Crippen molar-refractivity contribution in [1.82, 2.24) is 0 Å². The molecule has 1 spiro atoms. The van der Waals surface area contributed by atoms with E-state index in [-0.39, 0.29) is 0 Å². The molecule has 0 radical (unpaired) electrons. The normalized spacial score (nSPS) is 34.8. The highest BCUT2D eigenvalue weighted by Gasteiger charge is 2.69. The lowest BCUT2D eigenvalue weighted by Crippen LogP contribution is -2.21. The Morgan fingerprint density at radius 2 is 2.00 bits per heavy atom. The Morgan fingerprint density at radius 3 is 2.62 bits per heavy atom. The van der Waals surface area contributed by atoms with Crippen LogP contribution in [0.1, 0.15) is 44.7 Å². The van der Waals surface area contributed by atoms with E-state index in [2.05, 4.69) is 26.8 Å². The molecule has 0 saturated heterocycles. The summed E-state index contributed by atoms with van der Waals surface area (Å²) < 4.78 is 0. The molecule has 1 saturated carbocycles. The first kappa shape index (κ1) is 10.2. The first-order chi connectivity index (χ1) is 7.50. The molecule has 2 atom stereocenters. The summed E-state index contributed by atoms with van der Waals surface area (Å²) in [6, 6.07) is 5.96. The Hall–Kier alpha value is -0.980. The van der Waals surface area contributed by atoms with Gasteiger partial charge in [-0.3, -0.25) is 0 Å². The fraction of sp³-hybridized carbons (Fsp3) is 0.600. The van der Waals surface area contributed by atoms with Gasteiger partial charge in [-0.1, -0.05) is 26.8 Å². The van der Waals surface area contributed by atoms with E-state index in [1.54, 1.807) is 0 Å². The summed E-state index contributed by atoms with van der Waals surface area (Å²) in [6.45, 7) is 7.10. The first-order valence-electron chi connectivity index (χ1n) is 6.32. The van der Waals surface area contributed by atoms with E-state index in [4.69, 9.17) is 0 Å². The van der Waals surface area contributed by atoms with Crippen molar-refractivity contribution in [1.29, 1.82) is 0 Å². The van der Waals surface area contributed by atoms with Gasteiger partial charge >= 0.3 is 0 Å². The van der Waals surface area contributed by atoms with Crippen LogP contribution in [0.25, 0.3) is 0 Å². The topological polar surface area (TPSA) is 20.2 Å². The monoisotopic (exact) mass is 216 g/mol. The largest absolute Gasteiger partial charge is 0.508 e. The Balaban J connectivity index is 2.18. The van der Waals surface area contributed by atoms with Crippen LogP contribution >= 0.6 is 0 Å². The Bertz CT molecular complexity index is 447. The third kappa shape index (κ3) is 0.971. The minimum absolute atomic E-state index is 0.347. The van der Waals surface area contributed by atoms with Crippen LogP contribution in [0, 0.1) is 11.3 Å². The van der Waals surface area contributed by atoms with Crippen LogP contribution in [-0.2, 0) is 11.8 Å². The second-order valence-electron chi connectivity index (χ2n) is 6.11. The van der Waals surface area contributed by atoms with Crippen molar-refractivity contribution in [3.8, 4) is 5.75 Å². The molecule has 1 heteroatoms. The van der Waals surface area contributed by atoms with Gasteiger partial charge in [-0.25, -0.2) is 0 Å². The average molecular weight is 216 g/mol. The maximum absolute atomic E-state index is 9.70. The lowest BCUT2D eigenvalue weighted by Gasteiger charge is -2.29. The van der Waals surface area contributed by atoms with Gasteiger partial charge in [0.2, 0.25) is 0 Å². The van der Waals surface area contributed by atoms with Crippen molar-refractivity contribution < 1.29 is 5.11 Å². The second kappa shape index (κ2) is 2.82. The zero-order valence-electron chi connectivity index (χ0n) is 10.4. The van der Waals surface area contributed by atoms with Gasteiger partial charge in [-0.15, -0.1) is 0 Å². The average Bonchev–Trinajstić information content (AvgIpc) is 2.66. The van der Waals surface area contributed by atoms with Crippen molar-refractivity contribution in [3.05, 3.63) is 29.3 Å². The van der Waals surface area contributed by atoms with E-state index in [0.29, 0.717) is 16.6 Å². The van der Waals surface area contributed by atoms with Gasteiger partial charge in [-0.05, 0) is 53.9 Å². The third-order valence-electron chi connectivity index (χ3n) is 5.48. The van der Waals surface area contributed by atoms with Crippen LogP contribution in [0.3, 0.4) is 0 Å². The van der Waals surface area contributed by atoms with E-state index >= 15 is 0 Å². The molecule has 1 fully saturated rings. The van der Waals surface area contributed by atoms with E-state index in [9.17, 15) is 5.11 Å². The highest BCUT2D eigenvalue weighted by atomic mass is 16.3. The van der Waals surface area contributed by atoms with Crippen molar-refractivity contribution in [2.24, 2.45) is 11.3 Å². The quantitative estimate of drug-likeness (QED) is 0.702. The molecule has 86 valence electrons. The molecule has 2 aliphatic carbocycles. The number of aromatic hydroxyl groups is 1. The molecule has 3 rings (SSSR count). The van der Waals surface area contributed by atoms with Gasteiger partial charge in [0, 0.05) is 5.41 Å². The number of rotatable bonds is 0. The number of hydrogen-bond acceptors (Lipinski definition) is 1. The molecule has 2 unspecified atom stereocenters. The molecular weight excluding hydrogens is 196 g/mol. The summed E-state index contributed by atoms with van der Waals surface area (Å²) in [4.78, 5) is 0. The Kier molecular flexibility index (Phi) is 1.80. The van der Waals surface area contributed by atoms with Crippen molar-refractivity contribution >= 4 is 0 Å². The van der Waals surface area contributed by atoms with Crippen LogP contribution in [0.5, 0.6) is 5.75 Å². The zero-order chi connectivity index (χ0) is 11.6. The van der Waals surface area contributed by atoms with Gasteiger partial charge in [0.25, 0.3) is 0 Å². The molecule has 0 heterocycles. The maximum Gasteiger partial charge on any atom is 0.115 e. The number of phenols is 1. The lowest BCUT2D eigenvalue weighted by molar-refractivity contribution is 0.424. The molecule has 1 aromatic carbocycles. The second-order valence-corrected chi connectivity index (χ2v) is 6.11. The molecule has 0 amide bonds. The predicted molar refractivity (Wildman–Crippen MR) is 65.7 cm³/mol. The highest BCUT2D eigenvalue weighted by molar-refractivity contribution is 5.49. The minimum atomic E-state index is 0.347. The maximum atomic E-state index is 9.70. The van der Waals surface area contributed by atoms with E-state index in [1.807, 2.05) is 12.1 Å². The molecule has 2 aliphatic rings. The molecule has 1 nitrogen and oxygen atoms in total. The summed E-state index contributed by atoms with van der Waals surface area (Å²) in [5.74, 6) is 1.16. The van der Waals surface area contributed by atoms with Crippen molar-refractivity contribution in [3.63, 3.8) is 0 Å². The van der Waals surface area contributed by atoms with Gasteiger partial charge in [0.1, 0.15) is 5.75 Å². The van der Waals surface area contributed by atoms with E-state index in [0.717, 1.165) is 5.92 Å². The third-order valence-corrected chi connectivity index (χ3v) is 5.48. The fourth-order valence-electron chi connectivity index (χ4n) is 4.14. The Morgan fingerprint density at radius 1 is 1.31 bits per heavy atom. The molecule has 0 aromatic heterocycles. The van der Waals surface area contributed by atoms with Crippen LogP contribution < -0.4 is 0 Å². The van der Waals surface area contributed by atoms with Gasteiger partial charge < -0.3 is 5.11 Å². The van der Waals surface area contributed by atoms with Crippen molar-refractivity contribution in [2.75, 3.05) is 0 Å². The molecule has 1 aromatic rings. The first-order valence-corrected chi connectivity index (χ1v) is 6.32. The van der Waals surface area contributed by atoms with Crippen LogP contribution in [0.2, 0.25) is 0 Å². The number of fused-ring (bicyclic) bond motifs is 2. The molecule has 16 heavy (non-hydrogen) atoms. The number of aryl methyl sites for hydroxylation is 1. The standard InChI is InChI=1S/C15H20O/c1-10-14(2,3)15(10)8-4-5-11-6-7-12(16)9-13(11)15/h6-7,9-10,16H,4-5,8H2,1-3H3. The molecule has 0 bridgehead atoms. The van der Waals surface area contributed by atoms with Gasteiger partial charge in [-0.2, -0.15) is 0 Å². The smallest absolute Gasteiger partial charge is 0.115 e. The Labute approximate surface area is 97.5 Å². The summed E-state index contributed by atoms with van der Waals surface area (Å²) in [5.41, 5.74) is 3.63. The summed E-state index contributed by atoms with van der Waals surface area (Å²) in [5, 5.41) is 9.70. The molecule has 1 N–H and O–H groups in total. The molecular formula is C15H20O. The number of benzene rings is 1. The summed E-state index contributed by atoms with van der Waals surface area (Å²) in [7, 11) is 0. The summed E-state index contributed by atoms with van der Waals surface area (Å²) in [6.07, 6.45) is 3.77. The van der Waals surface area contributed by atoms with Crippen LogP contribution in [0.15, 0.2) is 18.2 Å². The SMILES string of the molecule is CC1C(C)(C)C12CCCc1ccc(O)cc12. The van der Waals surface area contributed by atoms with Crippen LogP contribution in [0.4, 0.5) is 0 Å². The van der Waals surface area contributed by atoms with Gasteiger partial charge in [0.15, 0.2) is 0 Å². The summed E-state index contributed by atoms with van der Waals surface area (Å²) >= 11 is 0. The number of hydrogen-bond donors (Lipinski definition) is 1. The van der Waals surface area contributed by atoms with E-state index in [1.165, 1.54) is 30.4 Å². The minimum Gasteiger partial charge on any atom is -0.508 e.